The summed E-state index contributed by atoms with van der Waals surface area (Å²) >= 11 is 3.36. The monoisotopic (exact) mass is 520 g/mol. The van der Waals surface area contributed by atoms with Gasteiger partial charge in [-0.25, -0.2) is 8.42 Å². The number of hydrogen-bond donors (Lipinski definition) is 1. The Bertz CT molecular complexity index is 1190. The fourth-order valence-electron chi connectivity index (χ4n) is 3.28. The van der Waals surface area contributed by atoms with Crippen LogP contribution in [0.5, 0.6) is 0 Å². The Balaban J connectivity index is 1.41. The Hall–Kier alpha value is -2.60. The summed E-state index contributed by atoms with van der Waals surface area (Å²) in [6.45, 7) is 0.954. The van der Waals surface area contributed by atoms with Gasteiger partial charge in [-0.3, -0.25) is 10.1 Å². The van der Waals surface area contributed by atoms with E-state index in [9.17, 15) is 13.2 Å². The minimum atomic E-state index is -3.68. The van der Waals surface area contributed by atoms with Crippen molar-refractivity contribution in [2.24, 2.45) is 0 Å². The summed E-state index contributed by atoms with van der Waals surface area (Å²) in [5.74, 6) is -0.226. The van der Waals surface area contributed by atoms with Crippen LogP contribution in [0.25, 0.3) is 11.5 Å². The van der Waals surface area contributed by atoms with Gasteiger partial charge in [0.15, 0.2) is 0 Å². The van der Waals surface area contributed by atoms with Crippen LogP contribution in [-0.2, 0) is 14.8 Å². The number of amides is 1. The molecule has 0 bridgehead atoms. The van der Waals surface area contributed by atoms with Crippen molar-refractivity contribution < 1.29 is 22.4 Å². The average molecular weight is 521 g/mol. The maximum absolute atomic E-state index is 12.8. The number of sulfonamides is 1. The van der Waals surface area contributed by atoms with Crippen molar-refractivity contribution in [2.45, 2.75) is 23.8 Å². The van der Waals surface area contributed by atoms with Crippen LogP contribution in [0.3, 0.4) is 0 Å². The summed E-state index contributed by atoms with van der Waals surface area (Å²) in [5.41, 5.74) is 0.969. The van der Waals surface area contributed by atoms with Gasteiger partial charge >= 0.3 is 6.01 Å². The quantitative estimate of drug-likeness (QED) is 0.506. The molecule has 1 saturated heterocycles. The molecule has 1 N–H and O–H groups in total. The molecule has 0 saturated carbocycles. The van der Waals surface area contributed by atoms with Gasteiger partial charge < -0.3 is 9.15 Å². The number of rotatable bonds is 7. The van der Waals surface area contributed by atoms with Crippen LogP contribution in [0.1, 0.15) is 23.2 Å². The number of halogens is 1. The molecule has 1 unspecified atom stereocenters. The van der Waals surface area contributed by atoms with Crippen molar-refractivity contribution in [3.05, 3.63) is 58.6 Å². The third-order valence-electron chi connectivity index (χ3n) is 5.05. The number of nitrogens with one attached hydrogen (secondary N) is 1. The molecule has 2 heterocycles. The zero-order valence-electron chi connectivity index (χ0n) is 17.2. The third kappa shape index (κ3) is 5.07. The minimum Gasteiger partial charge on any atom is -0.403 e. The van der Waals surface area contributed by atoms with E-state index in [1.165, 1.54) is 35.6 Å². The van der Waals surface area contributed by atoms with Crippen LogP contribution in [0.15, 0.2) is 62.3 Å². The van der Waals surface area contributed by atoms with Crippen LogP contribution < -0.4 is 5.32 Å². The number of aromatic nitrogens is 2. The first-order valence-corrected chi connectivity index (χ1v) is 12.1. The highest BCUT2D eigenvalue weighted by Crippen LogP contribution is 2.23. The fraction of sp³-hybridized carbons (Fsp3) is 0.286. The number of carbonyl (C=O) groups is 1. The van der Waals surface area contributed by atoms with E-state index < -0.39 is 15.9 Å². The SMILES string of the molecule is CN(CC1CCCO1)S(=O)(=O)c1ccc(C(=O)Nc2nnc(-c3ccc(Br)cc3)o2)cc1. The number of anilines is 1. The van der Waals surface area contributed by atoms with E-state index in [1.807, 2.05) is 12.1 Å². The third-order valence-corrected chi connectivity index (χ3v) is 7.41. The average Bonchev–Trinajstić information content (AvgIpc) is 3.46. The Morgan fingerprint density at radius 2 is 1.88 bits per heavy atom. The van der Waals surface area contributed by atoms with Gasteiger partial charge in [-0.05, 0) is 61.4 Å². The molecule has 0 spiro atoms. The zero-order valence-corrected chi connectivity index (χ0v) is 19.6. The van der Waals surface area contributed by atoms with Crippen molar-refractivity contribution in [1.82, 2.24) is 14.5 Å². The molecule has 9 nitrogen and oxygen atoms in total. The number of carbonyl (C=O) groups excluding carboxylic acids is 1. The highest BCUT2D eigenvalue weighted by molar-refractivity contribution is 9.10. The Morgan fingerprint density at radius 3 is 2.53 bits per heavy atom. The van der Waals surface area contributed by atoms with E-state index in [0.29, 0.717) is 18.7 Å². The smallest absolute Gasteiger partial charge is 0.322 e. The number of benzene rings is 2. The second-order valence-corrected chi connectivity index (χ2v) is 10.3. The molecular weight excluding hydrogens is 500 g/mol. The van der Waals surface area contributed by atoms with Gasteiger partial charge in [0.2, 0.25) is 15.9 Å². The minimum absolute atomic E-state index is 0.0547. The molecule has 4 rings (SSSR count). The summed E-state index contributed by atoms with van der Waals surface area (Å²) < 4.78 is 38.8. The molecule has 0 radical (unpaired) electrons. The van der Waals surface area contributed by atoms with Crippen LogP contribution in [0.2, 0.25) is 0 Å². The second kappa shape index (κ2) is 9.49. The van der Waals surface area contributed by atoms with Crippen LogP contribution in [-0.4, -0.2) is 55.1 Å². The molecule has 1 atom stereocenters. The summed E-state index contributed by atoms with van der Waals surface area (Å²) in [6.07, 6.45) is 1.70. The highest BCUT2D eigenvalue weighted by Gasteiger charge is 2.26. The van der Waals surface area contributed by atoms with Gasteiger partial charge in [0.05, 0.1) is 11.0 Å². The van der Waals surface area contributed by atoms with Gasteiger partial charge in [-0.2, -0.15) is 4.31 Å². The largest absolute Gasteiger partial charge is 0.403 e. The first-order chi connectivity index (χ1) is 15.3. The van der Waals surface area contributed by atoms with Gasteiger partial charge in [0, 0.05) is 35.8 Å². The zero-order chi connectivity index (χ0) is 22.7. The van der Waals surface area contributed by atoms with E-state index in [0.717, 1.165) is 17.3 Å². The number of nitrogens with zero attached hydrogens (tertiary/aromatic N) is 3. The van der Waals surface area contributed by atoms with E-state index >= 15 is 0 Å². The molecule has 1 aliphatic heterocycles. The van der Waals surface area contributed by atoms with E-state index in [2.05, 4.69) is 31.4 Å². The molecule has 3 aromatic rings. The maximum Gasteiger partial charge on any atom is 0.322 e. The lowest BCUT2D eigenvalue weighted by Gasteiger charge is -2.20. The van der Waals surface area contributed by atoms with Gasteiger partial charge in [-0.1, -0.05) is 21.0 Å². The molecule has 32 heavy (non-hydrogen) atoms. The maximum atomic E-state index is 12.8. The van der Waals surface area contributed by atoms with Crippen molar-refractivity contribution in [2.75, 3.05) is 25.5 Å². The van der Waals surface area contributed by atoms with E-state index in [1.54, 1.807) is 12.1 Å². The first kappa shape index (κ1) is 22.6. The summed E-state index contributed by atoms with van der Waals surface area (Å²) in [4.78, 5) is 12.6. The van der Waals surface area contributed by atoms with Crippen LogP contribution in [0.4, 0.5) is 6.01 Å². The van der Waals surface area contributed by atoms with Gasteiger partial charge in [0.25, 0.3) is 5.91 Å². The number of ether oxygens (including phenoxy) is 1. The van der Waals surface area contributed by atoms with Gasteiger partial charge in [0.1, 0.15) is 0 Å². The lowest BCUT2D eigenvalue weighted by atomic mass is 10.2. The first-order valence-electron chi connectivity index (χ1n) is 9.92. The summed E-state index contributed by atoms with van der Waals surface area (Å²) in [6, 6.07) is 12.9. The predicted octanol–water partition coefficient (Wildman–Crippen LogP) is 3.55. The normalized spacial score (nSPS) is 16.4. The lowest BCUT2D eigenvalue weighted by molar-refractivity contribution is 0.0979. The fourth-order valence-corrected chi connectivity index (χ4v) is 4.75. The molecule has 1 aromatic heterocycles. The standard InChI is InChI=1S/C21H21BrN4O5S/c1-26(13-17-3-2-12-30-17)32(28,29)18-10-6-14(7-11-18)19(27)23-21-25-24-20(31-21)15-4-8-16(22)9-5-15/h4-11,17H,2-3,12-13H2,1H3,(H,23,25,27). The molecule has 1 fully saturated rings. The summed E-state index contributed by atoms with van der Waals surface area (Å²) in [7, 11) is -2.16. The van der Waals surface area contributed by atoms with Crippen molar-refractivity contribution >= 4 is 37.9 Å². The Kier molecular flexibility index (Phi) is 6.70. The second-order valence-electron chi connectivity index (χ2n) is 7.32. The van der Waals surface area contributed by atoms with Crippen molar-refractivity contribution in [3.8, 4) is 11.5 Å². The number of hydrogen-bond acceptors (Lipinski definition) is 7. The lowest BCUT2D eigenvalue weighted by Crippen LogP contribution is -2.34. The van der Waals surface area contributed by atoms with Crippen LogP contribution in [0, 0.1) is 0 Å². The van der Waals surface area contributed by atoms with Crippen molar-refractivity contribution in [3.63, 3.8) is 0 Å². The molecular formula is C21H21BrN4O5S. The Morgan fingerprint density at radius 1 is 1.16 bits per heavy atom. The van der Waals surface area contributed by atoms with Crippen molar-refractivity contribution in [1.29, 1.82) is 0 Å². The summed E-state index contributed by atoms with van der Waals surface area (Å²) in [5, 5.41) is 10.3. The molecule has 1 amide bonds. The molecule has 1 aliphatic rings. The van der Waals surface area contributed by atoms with E-state index in [4.69, 9.17) is 9.15 Å². The molecule has 11 heteroatoms. The molecule has 2 aromatic carbocycles. The van der Waals surface area contributed by atoms with Gasteiger partial charge in [-0.15, -0.1) is 5.10 Å². The number of likely N-dealkylation sites (N-methyl/N-ethyl adjacent to an activating group) is 1. The highest BCUT2D eigenvalue weighted by atomic mass is 79.9. The van der Waals surface area contributed by atoms with E-state index in [-0.39, 0.29) is 28.5 Å². The molecule has 168 valence electrons. The topological polar surface area (TPSA) is 115 Å². The Labute approximate surface area is 194 Å². The molecule has 0 aliphatic carbocycles. The predicted molar refractivity (Wildman–Crippen MR) is 121 cm³/mol. The van der Waals surface area contributed by atoms with Crippen LogP contribution >= 0.6 is 15.9 Å².